The Morgan fingerprint density at radius 1 is 1.05 bits per heavy atom. The van der Waals surface area contributed by atoms with Crippen LogP contribution in [0.1, 0.15) is 5.69 Å². The van der Waals surface area contributed by atoms with Gasteiger partial charge in [-0.2, -0.15) is 5.10 Å². The Bertz CT molecular complexity index is 1620. The van der Waals surface area contributed by atoms with E-state index in [9.17, 15) is 10.1 Å². The Morgan fingerprint density at radius 2 is 1.92 bits per heavy atom. The Kier molecular flexibility index (Phi) is 6.20. The van der Waals surface area contributed by atoms with Gasteiger partial charge in [-0.3, -0.25) is 14.8 Å². The fourth-order valence-electron chi connectivity index (χ4n) is 3.58. The number of aryl methyl sites for hydroxylation is 2. The first-order chi connectivity index (χ1) is 17.9. The van der Waals surface area contributed by atoms with Crippen molar-refractivity contribution >= 4 is 17.3 Å². The minimum absolute atomic E-state index is 0.0260. The highest BCUT2D eigenvalue weighted by atomic mass is 19.1. The Balaban J connectivity index is 1.55. The monoisotopic (exact) mass is 498 g/mol. The minimum atomic E-state index is -0.648. The number of rotatable bonds is 7. The molecule has 0 atom stereocenters. The SMILES string of the molecule is Cc1ccnc(Oc2ccc(-c3cnc(Nc4cnn(C)c4)nc3-c3cccc([N+](=O)[O-])c3)cc2F)n1. The number of nitrogens with zero attached hydrogens (tertiary/aromatic N) is 7. The molecule has 0 aliphatic carbocycles. The smallest absolute Gasteiger partial charge is 0.322 e. The van der Waals surface area contributed by atoms with E-state index in [1.165, 1.54) is 36.7 Å². The van der Waals surface area contributed by atoms with Crippen LogP contribution in [0.2, 0.25) is 0 Å². The van der Waals surface area contributed by atoms with Gasteiger partial charge in [0.2, 0.25) is 5.95 Å². The number of nitrogens with one attached hydrogen (secondary N) is 1. The summed E-state index contributed by atoms with van der Waals surface area (Å²) in [5.74, 6) is -0.456. The Labute approximate surface area is 209 Å². The van der Waals surface area contributed by atoms with Crippen LogP contribution < -0.4 is 10.1 Å². The van der Waals surface area contributed by atoms with Crippen molar-refractivity contribution in [3.05, 3.63) is 94.9 Å². The second-order valence-corrected chi connectivity index (χ2v) is 8.02. The summed E-state index contributed by atoms with van der Waals surface area (Å²) in [6.07, 6.45) is 6.40. The number of hydrogen-bond acceptors (Lipinski definition) is 9. The molecular weight excluding hydrogens is 479 g/mol. The summed E-state index contributed by atoms with van der Waals surface area (Å²) in [4.78, 5) is 28.0. The average molecular weight is 498 g/mol. The molecule has 5 rings (SSSR count). The number of benzene rings is 2. The van der Waals surface area contributed by atoms with Crippen molar-refractivity contribution in [1.82, 2.24) is 29.7 Å². The zero-order valence-corrected chi connectivity index (χ0v) is 19.7. The molecule has 0 aliphatic heterocycles. The fraction of sp³-hybridized carbons (Fsp3) is 0.0800. The number of aromatic nitrogens is 6. The predicted molar refractivity (Wildman–Crippen MR) is 133 cm³/mol. The van der Waals surface area contributed by atoms with Gasteiger partial charge in [-0.25, -0.2) is 24.3 Å². The number of non-ortho nitro benzene ring substituents is 1. The van der Waals surface area contributed by atoms with Crippen LogP contribution in [0, 0.1) is 22.9 Å². The lowest BCUT2D eigenvalue weighted by molar-refractivity contribution is -0.384. The average Bonchev–Trinajstić information content (AvgIpc) is 3.29. The third kappa shape index (κ3) is 5.22. The molecule has 11 nitrogen and oxygen atoms in total. The molecule has 2 aromatic carbocycles. The van der Waals surface area contributed by atoms with Crippen LogP contribution in [-0.2, 0) is 7.05 Å². The zero-order chi connectivity index (χ0) is 25.9. The number of hydrogen-bond donors (Lipinski definition) is 1. The summed E-state index contributed by atoms with van der Waals surface area (Å²) >= 11 is 0. The van der Waals surface area contributed by atoms with E-state index < -0.39 is 10.7 Å². The summed E-state index contributed by atoms with van der Waals surface area (Å²) in [6, 6.07) is 12.1. The molecule has 3 aromatic heterocycles. The van der Waals surface area contributed by atoms with Crippen molar-refractivity contribution < 1.29 is 14.1 Å². The van der Waals surface area contributed by atoms with E-state index in [0.717, 1.165) is 0 Å². The van der Waals surface area contributed by atoms with Crippen LogP contribution in [0.4, 0.5) is 21.7 Å². The van der Waals surface area contributed by atoms with E-state index in [1.54, 1.807) is 55.3 Å². The third-order valence-electron chi connectivity index (χ3n) is 5.30. The van der Waals surface area contributed by atoms with E-state index >= 15 is 4.39 Å². The molecule has 1 N–H and O–H groups in total. The quantitative estimate of drug-likeness (QED) is 0.236. The number of ether oxygens (including phenoxy) is 1. The van der Waals surface area contributed by atoms with Crippen molar-refractivity contribution in [2.24, 2.45) is 7.05 Å². The molecule has 0 aliphatic rings. The van der Waals surface area contributed by atoms with E-state index in [1.807, 2.05) is 0 Å². The van der Waals surface area contributed by atoms with Gasteiger partial charge in [0, 0.05) is 54.6 Å². The van der Waals surface area contributed by atoms with Crippen molar-refractivity contribution in [2.75, 3.05) is 5.32 Å². The predicted octanol–water partition coefficient (Wildman–Crippen LogP) is 5.23. The van der Waals surface area contributed by atoms with E-state index in [4.69, 9.17) is 4.74 Å². The van der Waals surface area contributed by atoms with Crippen LogP contribution in [0.15, 0.2) is 73.3 Å². The van der Waals surface area contributed by atoms with Crippen molar-refractivity contribution in [3.63, 3.8) is 0 Å². The summed E-state index contributed by atoms with van der Waals surface area (Å²) in [6.45, 7) is 1.77. The Hall–Kier alpha value is -5.26. The highest BCUT2D eigenvalue weighted by Gasteiger charge is 2.17. The van der Waals surface area contributed by atoms with Crippen molar-refractivity contribution in [2.45, 2.75) is 6.92 Å². The number of halogens is 1. The first-order valence-corrected chi connectivity index (χ1v) is 11.0. The number of nitro groups is 1. The van der Waals surface area contributed by atoms with Gasteiger partial charge < -0.3 is 10.1 Å². The first kappa shape index (κ1) is 23.5. The minimum Gasteiger partial charge on any atom is -0.421 e. The number of nitro benzene ring substituents is 1. The highest BCUT2D eigenvalue weighted by molar-refractivity contribution is 5.82. The van der Waals surface area contributed by atoms with Gasteiger partial charge in [0.1, 0.15) is 0 Å². The van der Waals surface area contributed by atoms with Crippen LogP contribution in [-0.4, -0.2) is 34.6 Å². The maximum absolute atomic E-state index is 15.1. The van der Waals surface area contributed by atoms with Crippen LogP contribution in [0.5, 0.6) is 11.8 Å². The molecule has 0 radical (unpaired) electrons. The van der Waals surface area contributed by atoms with E-state index in [0.29, 0.717) is 33.8 Å². The van der Waals surface area contributed by atoms with Gasteiger partial charge in [0.15, 0.2) is 11.6 Å². The van der Waals surface area contributed by atoms with Gasteiger partial charge >= 0.3 is 6.01 Å². The molecule has 3 heterocycles. The van der Waals surface area contributed by atoms with Crippen LogP contribution in [0.25, 0.3) is 22.4 Å². The van der Waals surface area contributed by atoms with Gasteiger partial charge in [-0.15, -0.1) is 0 Å². The highest BCUT2D eigenvalue weighted by Crippen LogP contribution is 2.35. The van der Waals surface area contributed by atoms with Gasteiger partial charge in [-0.05, 0) is 30.7 Å². The maximum Gasteiger partial charge on any atom is 0.322 e. The molecule has 0 saturated heterocycles. The molecule has 37 heavy (non-hydrogen) atoms. The molecule has 0 unspecified atom stereocenters. The summed E-state index contributed by atoms with van der Waals surface area (Å²) in [5, 5.41) is 18.5. The first-order valence-electron chi connectivity index (χ1n) is 11.0. The standard InChI is InChI=1S/C25H19FN8O3/c1-15-8-9-27-25(30-15)37-22-7-6-16(11-21(22)26)20-13-28-24(31-18-12-29-33(2)14-18)32-23(20)17-4-3-5-19(10-17)34(35)36/h3-14H,1-2H3,(H,28,31,32). The van der Waals surface area contributed by atoms with Crippen molar-refractivity contribution in [1.29, 1.82) is 0 Å². The molecule has 0 bridgehead atoms. The van der Waals surface area contributed by atoms with Crippen molar-refractivity contribution in [3.8, 4) is 34.1 Å². The molecule has 184 valence electrons. The molecule has 12 heteroatoms. The summed E-state index contributed by atoms with van der Waals surface area (Å²) in [7, 11) is 1.77. The summed E-state index contributed by atoms with van der Waals surface area (Å²) in [5.41, 5.74) is 3.00. The molecule has 0 saturated carbocycles. The van der Waals surface area contributed by atoms with E-state index in [-0.39, 0.29) is 23.4 Å². The Morgan fingerprint density at radius 3 is 2.65 bits per heavy atom. The lowest BCUT2D eigenvalue weighted by atomic mass is 10.00. The lowest BCUT2D eigenvalue weighted by Gasteiger charge is -2.12. The van der Waals surface area contributed by atoms with E-state index in [2.05, 4.69) is 30.4 Å². The molecular formula is C25H19FN8O3. The van der Waals surface area contributed by atoms with Gasteiger partial charge in [-0.1, -0.05) is 18.2 Å². The largest absolute Gasteiger partial charge is 0.421 e. The molecule has 0 amide bonds. The number of anilines is 2. The lowest BCUT2D eigenvalue weighted by Crippen LogP contribution is -2.01. The molecule has 5 aromatic rings. The molecule has 0 fully saturated rings. The summed E-state index contributed by atoms with van der Waals surface area (Å²) < 4.78 is 22.2. The fourth-order valence-corrected chi connectivity index (χ4v) is 3.58. The van der Waals surface area contributed by atoms with Gasteiger partial charge in [0.05, 0.1) is 22.5 Å². The van der Waals surface area contributed by atoms with Gasteiger partial charge in [0.25, 0.3) is 5.69 Å². The van der Waals surface area contributed by atoms with Crippen LogP contribution in [0.3, 0.4) is 0 Å². The maximum atomic E-state index is 15.1. The third-order valence-corrected chi connectivity index (χ3v) is 5.30. The van der Waals surface area contributed by atoms with Crippen LogP contribution >= 0.6 is 0 Å². The second kappa shape index (κ2) is 9.77. The molecule has 0 spiro atoms. The zero-order valence-electron chi connectivity index (χ0n) is 19.7. The second-order valence-electron chi connectivity index (χ2n) is 8.02. The topological polar surface area (TPSA) is 134 Å². The normalized spacial score (nSPS) is 10.8.